The maximum atomic E-state index is 9.90. The lowest BCUT2D eigenvalue weighted by atomic mass is 9.52. The highest BCUT2D eigenvalue weighted by Crippen LogP contribution is 2.56. The molecule has 16 heavy (non-hydrogen) atoms. The highest BCUT2D eigenvalue weighted by Gasteiger charge is 2.47. The van der Waals surface area contributed by atoms with Gasteiger partial charge in [0, 0.05) is 0 Å². The van der Waals surface area contributed by atoms with Gasteiger partial charge in [-0.1, -0.05) is 32.1 Å². The Morgan fingerprint density at radius 2 is 2.12 bits per heavy atom. The first kappa shape index (κ1) is 11.9. The van der Waals surface area contributed by atoms with Crippen molar-refractivity contribution in [2.75, 3.05) is 0 Å². The topological polar surface area (TPSA) is 20.2 Å². The second-order valence-electron chi connectivity index (χ2n) is 6.30. The fraction of sp³-hybridized carbons (Fsp3) is 0.733. The van der Waals surface area contributed by atoms with Gasteiger partial charge < -0.3 is 5.11 Å². The van der Waals surface area contributed by atoms with Crippen LogP contribution in [0.3, 0.4) is 0 Å². The largest absolute Gasteiger partial charge is 0.388 e. The number of fused-ring (bicyclic) bond motifs is 1. The summed E-state index contributed by atoms with van der Waals surface area (Å²) < 4.78 is 0. The predicted octanol–water partition coefficient (Wildman–Crippen LogP) is 3.70. The Morgan fingerprint density at radius 1 is 1.44 bits per heavy atom. The van der Waals surface area contributed by atoms with E-state index in [1.165, 1.54) is 18.4 Å². The minimum Gasteiger partial charge on any atom is -0.388 e. The Hall–Kier alpha value is -0.560. The van der Waals surface area contributed by atoms with E-state index in [1.807, 2.05) is 0 Å². The van der Waals surface area contributed by atoms with Crippen LogP contribution in [0.4, 0.5) is 0 Å². The summed E-state index contributed by atoms with van der Waals surface area (Å²) in [5.41, 5.74) is 2.99. The summed E-state index contributed by atoms with van der Waals surface area (Å²) in [7, 11) is 0. The Kier molecular flexibility index (Phi) is 3.00. The van der Waals surface area contributed by atoms with Gasteiger partial charge in [0.1, 0.15) is 0 Å². The first-order chi connectivity index (χ1) is 7.42. The van der Waals surface area contributed by atoms with E-state index in [9.17, 15) is 5.11 Å². The molecule has 2 aliphatic carbocycles. The molecule has 0 aliphatic heterocycles. The van der Waals surface area contributed by atoms with Crippen LogP contribution >= 0.6 is 0 Å². The number of hydrogen-bond acceptors (Lipinski definition) is 1. The second kappa shape index (κ2) is 4.03. The van der Waals surface area contributed by atoms with Crippen molar-refractivity contribution in [2.24, 2.45) is 17.3 Å². The molecule has 0 amide bonds. The smallest absolute Gasteiger partial charge is 0.0782 e. The van der Waals surface area contributed by atoms with Gasteiger partial charge in [-0.25, -0.2) is 0 Å². The summed E-state index contributed by atoms with van der Waals surface area (Å²) in [5, 5.41) is 9.90. The van der Waals surface area contributed by atoms with E-state index < -0.39 is 0 Å². The van der Waals surface area contributed by atoms with Gasteiger partial charge in [0.25, 0.3) is 0 Å². The molecule has 0 aromatic heterocycles. The van der Waals surface area contributed by atoms with Gasteiger partial charge in [-0.15, -0.1) is 0 Å². The molecule has 1 heteroatoms. The lowest BCUT2D eigenvalue weighted by molar-refractivity contribution is 0.00474. The van der Waals surface area contributed by atoms with E-state index in [4.69, 9.17) is 0 Å². The summed E-state index contributed by atoms with van der Waals surface area (Å²) in [6.45, 7) is 11.0. The summed E-state index contributed by atoms with van der Waals surface area (Å²) in [6, 6.07) is 0. The third kappa shape index (κ3) is 1.98. The summed E-state index contributed by atoms with van der Waals surface area (Å²) in [6.07, 6.45) is 6.16. The number of hydrogen-bond donors (Lipinski definition) is 1. The van der Waals surface area contributed by atoms with Crippen molar-refractivity contribution >= 4 is 0 Å². The Bertz CT molecular complexity index is 324. The van der Waals surface area contributed by atoms with Crippen molar-refractivity contribution in [2.45, 2.75) is 52.6 Å². The Balaban J connectivity index is 2.18. The molecule has 2 aliphatic rings. The molecule has 0 aromatic rings. The van der Waals surface area contributed by atoms with E-state index >= 15 is 0 Å². The standard InChI is InChI=1S/C15H24O/c1-10-6-8-14(16)11(2)5-7-13-12(10)9-15(13,3)4/h6,12-14,16H,2,5,7-9H2,1,3-4H3. The molecule has 0 radical (unpaired) electrons. The molecule has 1 nitrogen and oxygen atoms in total. The number of rotatable bonds is 0. The third-order valence-electron chi connectivity index (χ3n) is 4.73. The molecule has 3 unspecified atom stereocenters. The zero-order valence-electron chi connectivity index (χ0n) is 10.8. The van der Waals surface area contributed by atoms with E-state index in [-0.39, 0.29) is 6.10 Å². The quantitative estimate of drug-likeness (QED) is 0.617. The molecule has 0 spiro atoms. The van der Waals surface area contributed by atoms with Gasteiger partial charge in [-0.2, -0.15) is 0 Å². The first-order valence-corrected chi connectivity index (χ1v) is 6.44. The van der Waals surface area contributed by atoms with Crippen molar-refractivity contribution in [1.29, 1.82) is 0 Å². The van der Waals surface area contributed by atoms with Gasteiger partial charge in [0.05, 0.1) is 6.10 Å². The molecule has 0 heterocycles. The highest BCUT2D eigenvalue weighted by molar-refractivity contribution is 5.18. The second-order valence-corrected chi connectivity index (χ2v) is 6.30. The molecule has 90 valence electrons. The molecule has 0 saturated heterocycles. The lowest BCUT2D eigenvalue weighted by Gasteiger charge is -2.52. The zero-order chi connectivity index (χ0) is 11.9. The van der Waals surface area contributed by atoms with Crippen LogP contribution in [0.2, 0.25) is 0 Å². The number of aliphatic hydroxyl groups is 1. The van der Waals surface area contributed by atoms with E-state index in [1.54, 1.807) is 0 Å². The lowest BCUT2D eigenvalue weighted by Crippen LogP contribution is -2.44. The summed E-state index contributed by atoms with van der Waals surface area (Å²) >= 11 is 0. The Morgan fingerprint density at radius 3 is 2.75 bits per heavy atom. The molecule has 2 rings (SSSR count). The third-order valence-corrected chi connectivity index (χ3v) is 4.73. The average Bonchev–Trinajstić information content (AvgIpc) is 2.24. The molecule has 1 fully saturated rings. The molecule has 1 N–H and O–H groups in total. The van der Waals surface area contributed by atoms with Crippen LogP contribution in [-0.2, 0) is 0 Å². The monoisotopic (exact) mass is 220 g/mol. The van der Waals surface area contributed by atoms with Gasteiger partial charge in [-0.05, 0) is 55.4 Å². The van der Waals surface area contributed by atoms with Crippen LogP contribution in [0.25, 0.3) is 0 Å². The Labute approximate surface area is 99.3 Å². The van der Waals surface area contributed by atoms with Gasteiger partial charge in [0.2, 0.25) is 0 Å². The van der Waals surface area contributed by atoms with Crippen LogP contribution in [0, 0.1) is 17.3 Å². The van der Waals surface area contributed by atoms with Crippen molar-refractivity contribution in [3.63, 3.8) is 0 Å². The van der Waals surface area contributed by atoms with Crippen LogP contribution in [-0.4, -0.2) is 11.2 Å². The normalized spacial score (nSPS) is 38.6. The van der Waals surface area contributed by atoms with E-state index in [0.717, 1.165) is 30.3 Å². The van der Waals surface area contributed by atoms with Crippen LogP contribution < -0.4 is 0 Å². The fourth-order valence-electron chi connectivity index (χ4n) is 3.44. The molecule has 1 saturated carbocycles. The molecular formula is C15H24O. The minimum atomic E-state index is -0.324. The number of allylic oxidation sites excluding steroid dienone is 1. The van der Waals surface area contributed by atoms with E-state index in [0.29, 0.717) is 5.41 Å². The highest BCUT2D eigenvalue weighted by atomic mass is 16.3. The fourth-order valence-corrected chi connectivity index (χ4v) is 3.44. The zero-order valence-corrected chi connectivity index (χ0v) is 10.8. The van der Waals surface area contributed by atoms with Gasteiger partial charge in [0.15, 0.2) is 0 Å². The minimum absolute atomic E-state index is 0.324. The van der Waals surface area contributed by atoms with Crippen LogP contribution in [0.5, 0.6) is 0 Å². The van der Waals surface area contributed by atoms with Gasteiger partial charge >= 0.3 is 0 Å². The average molecular weight is 220 g/mol. The summed E-state index contributed by atoms with van der Waals surface area (Å²) in [4.78, 5) is 0. The SMILES string of the molecule is C=C1CCC2C(CC2(C)C)C(C)=CCC1O. The van der Waals surface area contributed by atoms with Crippen molar-refractivity contribution in [1.82, 2.24) is 0 Å². The van der Waals surface area contributed by atoms with Crippen LogP contribution in [0.15, 0.2) is 23.8 Å². The van der Waals surface area contributed by atoms with Crippen molar-refractivity contribution in [3.05, 3.63) is 23.8 Å². The molecular weight excluding hydrogens is 196 g/mol. The molecule has 0 bridgehead atoms. The summed E-state index contributed by atoms with van der Waals surface area (Å²) in [5.74, 6) is 1.54. The molecule has 3 atom stereocenters. The van der Waals surface area contributed by atoms with E-state index in [2.05, 4.69) is 33.4 Å². The van der Waals surface area contributed by atoms with Crippen molar-refractivity contribution < 1.29 is 5.11 Å². The predicted molar refractivity (Wildman–Crippen MR) is 68.1 cm³/mol. The van der Waals surface area contributed by atoms with Gasteiger partial charge in [-0.3, -0.25) is 0 Å². The molecule has 0 aromatic carbocycles. The maximum Gasteiger partial charge on any atom is 0.0782 e. The first-order valence-electron chi connectivity index (χ1n) is 6.44. The maximum absolute atomic E-state index is 9.90. The number of aliphatic hydroxyl groups excluding tert-OH is 1. The van der Waals surface area contributed by atoms with Crippen molar-refractivity contribution in [3.8, 4) is 0 Å². The van der Waals surface area contributed by atoms with Crippen LogP contribution in [0.1, 0.15) is 46.5 Å².